The summed E-state index contributed by atoms with van der Waals surface area (Å²) in [5, 5.41) is 9.35. The fraction of sp³-hybridized carbons (Fsp3) is 0.130. The van der Waals surface area contributed by atoms with E-state index in [-0.39, 0.29) is 22.8 Å². The number of aromatic nitrogens is 4. The highest BCUT2D eigenvalue weighted by Crippen LogP contribution is 2.30. The van der Waals surface area contributed by atoms with Crippen molar-refractivity contribution in [2.75, 3.05) is 4.72 Å². The van der Waals surface area contributed by atoms with Crippen LogP contribution in [0, 0.1) is 5.82 Å². The number of hydrogen-bond acceptors (Lipinski definition) is 9. The van der Waals surface area contributed by atoms with Gasteiger partial charge >= 0.3 is 5.76 Å². The molecule has 0 radical (unpaired) electrons. The summed E-state index contributed by atoms with van der Waals surface area (Å²) < 4.78 is 52.8. The van der Waals surface area contributed by atoms with Crippen molar-refractivity contribution < 1.29 is 22.3 Å². The first-order chi connectivity index (χ1) is 17.3. The molecule has 36 heavy (non-hydrogen) atoms. The number of pyridine rings is 1. The maximum atomic E-state index is 15.0. The maximum Gasteiger partial charge on any atom is 0.420 e. The molecule has 0 spiro atoms. The number of aliphatic hydroxyl groups excluding tert-OH is 1. The van der Waals surface area contributed by atoms with Crippen LogP contribution in [0.15, 0.2) is 75.2 Å². The zero-order valence-electron chi connectivity index (χ0n) is 18.6. The highest BCUT2D eigenvalue weighted by molar-refractivity contribution is 7.93. The largest absolute Gasteiger partial charge is 0.420 e. The van der Waals surface area contributed by atoms with Gasteiger partial charge in [0.05, 0.1) is 23.9 Å². The second-order valence-corrected chi connectivity index (χ2v) is 10.3. The number of sulfonamides is 1. The summed E-state index contributed by atoms with van der Waals surface area (Å²) in [5.41, 5.74) is 2.94. The Balaban J connectivity index is 1.54. The summed E-state index contributed by atoms with van der Waals surface area (Å²) in [5.74, 6) is -1.82. The van der Waals surface area contributed by atoms with E-state index >= 15 is 4.39 Å². The van der Waals surface area contributed by atoms with E-state index in [2.05, 4.69) is 19.1 Å². The van der Waals surface area contributed by atoms with Crippen molar-refractivity contribution in [1.29, 1.82) is 0 Å². The number of nitrogens with one attached hydrogen (secondary N) is 1. The first kappa shape index (κ1) is 23.8. The topological polar surface area (TPSA) is 140 Å². The third kappa shape index (κ3) is 4.39. The minimum Gasteiger partial charge on any atom is -0.408 e. The Labute approximate surface area is 207 Å². The van der Waals surface area contributed by atoms with Crippen LogP contribution in [0.2, 0.25) is 0 Å². The maximum absolute atomic E-state index is 15.0. The molecular formula is C23H18FN5O5S2. The molecule has 1 atom stereocenters. The normalized spacial score (nSPS) is 12.6. The van der Waals surface area contributed by atoms with Crippen LogP contribution in [0.25, 0.3) is 22.2 Å². The fourth-order valence-corrected chi connectivity index (χ4v) is 5.60. The van der Waals surface area contributed by atoms with E-state index in [0.29, 0.717) is 5.69 Å². The number of benzene rings is 2. The van der Waals surface area contributed by atoms with E-state index in [1.165, 1.54) is 4.57 Å². The highest BCUT2D eigenvalue weighted by Gasteiger charge is 2.25. The summed E-state index contributed by atoms with van der Waals surface area (Å²) in [4.78, 5) is 19.9. The Bertz CT molecular complexity index is 1730. The summed E-state index contributed by atoms with van der Waals surface area (Å²) in [7, 11) is -4.33. The SMILES string of the molecule is CC(c1cccc(-c2ccnc(CO)c2)c1)n1c(=O)oc2cc(S(=O)(=O)Nc3ncns3)c(F)cc21. The van der Waals surface area contributed by atoms with Crippen LogP contribution in [0.5, 0.6) is 0 Å². The van der Waals surface area contributed by atoms with Crippen molar-refractivity contribution in [3.63, 3.8) is 0 Å². The van der Waals surface area contributed by atoms with Crippen LogP contribution < -0.4 is 10.5 Å². The van der Waals surface area contributed by atoms with Gasteiger partial charge in [0.2, 0.25) is 5.13 Å². The first-order valence-electron chi connectivity index (χ1n) is 10.6. The van der Waals surface area contributed by atoms with Gasteiger partial charge in [-0.15, -0.1) is 0 Å². The van der Waals surface area contributed by atoms with Crippen molar-refractivity contribution in [2.45, 2.75) is 24.5 Å². The second kappa shape index (κ2) is 9.26. The zero-order chi connectivity index (χ0) is 25.4. The van der Waals surface area contributed by atoms with Gasteiger partial charge in [0.25, 0.3) is 10.0 Å². The minimum absolute atomic E-state index is 0.0256. The fourth-order valence-electron chi connectivity index (χ4n) is 3.87. The van der Waals surface area contributed by atoms with Gasteiger partial charge in [0.1, 0.15) is 17.0 Å². The number of halogens is 1. The highest BCUT2D eigenvalue weighted by atomic mass is 32.2. The van der Waals surface area contributed by atoms with Crippen LogP contribution in [-0.2, 0) is 16.6 Å². The van der Waals surface area contributed by atoms with Crippen molar-refractivity contribution in [2.24, 2.45) is 0 Å². The average molecular weight is 528 g/mol. The van der Waals surface area contributed by atoms with Gasteiger partial charge in [-0.1, -0.05) is 18.2 Å². The van der Waals surface area contributed by atoms with Crippen LogP contribution in [0.3, 0.4) is 0 Å². The number of hydrogen-bond donors (Lipinski definition) is 2. The molecule has 0 saturated heterocycles. The van der Waals surface area contributed by atoms with Gasteiger partial charge in [0, 0.05) is 29.9 Å². The van der Waals surface area contributed by atoms with Gasteiger partial charge in [-0.05, 0) is 41.8 Å². The summed E-state index contributed by atoms with van der Waals surface area (Å²) in [6, 6.07) is 12.3. The van der Waals surface area contributed by atoms with Gasteiger partial charge < -0.3 is 9.52 Å². The van der Waals surface area contributed by atoms with Crippen molar-refractivity contribution in [3.05, 3.63) is 88.7 Å². The first-order valence-corrected chi connectivity index (χ1v) is 12.8. The van der Waals surface area contributed by atoms with E-state index in [9.17, 15) is 18.3 Å². The zero-order valence-corrected chi connectivity index (χ0v) is 20.3. The molecule has 3 aromatic heterocycles. The predicted molar refractivity (Wildman–Crippen MR) is 131 cm³/mol. The molecule has 5 rings (SSSR count). The lowest BCUT2D eigenvalue weighted by molar-refractivity contribution is 0.277. The van der Waals surface area contributed by atoms with Crippen molar-refractivity contribution >= 4 is 37.8 Å². The van der Waals surface area contributed by atoms with E-state index in [0.717, 1.165) is 46.7 Å². The predicted octanol–water partition coefficient (Wildman–Crippen LogP) is 3.55. The molecular weight excluding hydrogens is 509 g/mol. The number of fused-ring (bicyclic) bond motifs is 1. The van der Waals surface area contributed by atoms with Gasteiger partial charge in [-0.2, -0.15) is 4.37 Å². The van der Waals surface area contributed by atoms with Crippen LogP contribution in [0.4, 0.5) is 9.52 Å². The van der Waals surface area contributed by atoms with Crippen molar-refractivity contribution in [1.82, 2.24) is 18.9 Å². The molecule has 1 unspecified atom stereocenters. The molecule has 5 aromatic rings. The number of rotatable bonds is 7. The molecule has 2 aromatic carbocycles. The molecule has 10 nitrogen and oxygen atoms in total. The number of nitrogens with zero attached hydrogens (tertiary/aromatic N) is 4. The second-order valence-electron chi connectivity index (χ2n) is 7.84. The molecule has 0 saturated carbocycles. The van der Waals surface area contributed by atoms with E-state index in [4.69, 9.17) is 4.42 Å². The third-order valence-corrected chi connectivity index (χ3v) is 7.67. The third-order valence-electron chi connectivity index (χ3n) is 5.61. The van der Waals surface area contributed by atoms with E-state index in [1.54, 1.807) is 25.3 Å². The quantitative estimate of drug-likeness (QED) is 0.327. The Morgan fingerprint density at radius 3 is 2.72 bits per heavy atom. The standard InChI is InChI=1S/C23H18FN5O5S2/c1-13(14-3-2-4-15(7-14)16-5-6-25-17(8-16)11-30)29-19-9-18(24)21(10-20(19)34-23(29)31)36(32,33)28-22-26-12-27-35-22/h2-10,12-13,30H,11H2,1H3,(H,26,27,28). The van der Waals surface area contributed by atoms with Gasteiger partial charge in [-0.3, -0.25) is 14.3 Å². The molecule has 0 aliphatic heterocycles. The molecule has 0 bridgehead atoms. The smallest absolute Gasteiger partial charge is 0.408 e. The van der Waals surface area contributed by atoms with Gasteiger partial charge in [-0.25, -0.2) is 22.6 Å². The van der Waals surface area contributed by atoms with Gasteiger partial charge in [0.15, 0.2) is 5.58 Å². The number of aliphatic hydroxyl groups is 1. The molecule has 3 heterocycles. The summed E-state index contributed by atoms with van der Waals surface area (Å²) in [6.07, 6.45) is 2.76. The number of oxazole rings is 1. The Hall–Kier alpha value is -3.94. The minimum atomic E-state index is -4.33. The molecule has 0 fully saturated rings. The summed E-state index contributed by atoms with van der Waals surface area (Å²) in [6.45, 7) is 1.56. The molecule has 0 aliphatic rings. The molecule has 184 valence electrons. The lowest BCUT2D eigenvalue weighted by Gasteiger charge is -2.15. The molecule has 0 amide bonds. The Kier molecular flexibility index (Phi) is 6.12. The van der Waals surface area contributed by atoms with E-state index < -0.39 is 32.5 Å². The van der Waals surface area contributed by atoms with E-state index in [1.807, 2.05) is 24.3 Å². The van der Waals surface area contributed by atoms with Crippen LogP contribution in [-0.4, -0.2) is 32.4 Å². The van der Waals surface area contributed by atoms with Crippen LogP contribution >= 0.6 is 11.5 Å². The average Bonchev–Trinajstić information content (AvgIpc) is 3.49. The molecule has 0 aliphatic carbocycles. The number of anilines is 1. The molecule has 2 N–H and O–H groups in total. The van der Waals surface area contributed by atoms with Crippen molar-refractivity contribution in [3.8, 4) is 11.1 Å². The summed E-state index contributed by atoms with van der Waals surface area (Å²) >= 11 is 0.796. The Morgan fingerprint density at radius 2 is 1.97 bits per heavy atom. The monoisotopic (exact) mass is 527 g/mol. The lowest BCUT2D eigenvalue weighted by atomic mass is 10.00. The van der Waals surface area contributed by atoms with Crippen LogP contribution in [0.1, 0.15) is 24.2 Å². The molecule has 13 heteroatoms. The Morgan fingerprint density at radius 1 is 1.17 bits per heavy atom. The lowest BCUT2D eigenvalue weighted by Crippen LogP contribution is -2.19.